The Labute approximate surface area is 173 Å². The van der Waals surface area contributed by atoms with Crippen LogP contribution in [-0.4, -0.2) is 43.0 Å². The predicted octanol–water partition coefficient (Wildman–Crippen LogP) is 2.04. The monoisotopic (exact) mass is 407 g/mol. The van der Waals surface area contributed by atoms with Crippen molar-refractivity contribution in [2.75, 3.05) is 36.4 Å². The van der Waals surface area contributed by atoms with Crippen molar-refractivity contribution in [3.05, 3.63) is 53.5 Å². The predicted molar refractivity (Wildman–Crippen MR) is 115 cm³/mol. The van der Waals surface area contributed by atoms with Gasteiger partial charge in [-0.1, -0.05) is 24.3 Å². The Morgan fingerprint density at radius 2 is 2.03 bits per heavy atom. The Hall–Kier alpha value is -2.77. The van der Waals surface area contributed by atoms with Crippen molar-refractivity contribution in [1.82, 2.24) is 4.98 Å². The molecule has 2 atom stereocenters. The Bertz CT molecular complexity index is 1050. The molecule has 0 spiro atoms. The van der Waals surface area contributed by atoms with Gasteiger partial charge in [-0.15, -0.1) is 11.3 Å². The van der Waals surface area contributed by atoms with Crippen LogP contribution in [0.15, 0.2) is 48.5 Å². The van der Waals surface area contributed by atoms with Gasteiger partial charge >= 0.3 is 0 Å². The van der Waals surface area contributed by atoms with Crippen molar-refractivity contribution in [1.29, 1.82) is 0 Å². The summed E-state index contributed by atoms with van der Waals surface area (Å²) in [4.78, 5) is 32.8. The van der Waals surface area contributed by atoms with Gasteiger partial charge in [0.25, 0.3) is 5.91 Å². The summed E-state index contributed by atoms with van der Waals surface area (Å²) in [6, 6.07) is 15.7. The highest BCUT2D eigenvalue weighted by Gasteiger charge is 2.32. The van der Waals surface area contributed by atoms with Crippen molar-refractivity contribution in [3.8, 4) is 0 Å². The lowest BCUT2D eigenvalue weighted by Crippen LogP contribution is -3.14. The molecule has 148 valence electrons. The minimum Gasteiger partial charge on any atom is -0.327 e. The highest BCUT2D eigenvalue weighted by atomic mass is 32.1. The minimum absolute atomic E-state index is 0.00671. The molecule has 2 aliphatic heterocycles. The van der Waals surface area contributed by atoms with E-state index in [2.05, 4.69) is 17.4 Å². The SMILES string of the molecule is O=C1CN(C(=O)C[NH+]2CCC[C@H](c3nc4ccccc4s3)C2)c2ccccc2N1. The van der Waals surface area contributed by atoms with Gasteiger partial charge in [-0.3, -0.25) is 14.5 Å². The van der Waals surface area contributed by atoms with E-state index < -0.39 is 0 Å². The van der Waals surface area contributed by atoms with E-state index in [0.29, 0.717) is 18.2 Å². The van der Waals surface area contributed by atoms with E-state index in [9.17, 15) is 9.59 Å². The number of hydrogen-bond donors (Lipinski definition) is 2. The van der Waals surface area contributed by atoms with E-state index in [4.69, 9.17) is 4.98 Å². The van der Waals surface area contributed by atoms with Crippen LogP contribution in [-0.2, 0) is 9.59 Å². The molecule has 7 heteroatoms. The van der Waals surface area contributed by atoms with Crippen molar-refractivity contribution in [2.24, 2.45) is 0 Å². The van der Waals surface area contributed by atoms with E-state index in [0.717, 1.165) is 37.1 Å². The summed E-state index contributed by atoms with van der Waals surface area (Å²) < 4.78 is 1.22. The van der Waals surface area contributed by atoms with E-state index in [1.807, 2.05) is 36.4 Å². The largest absolute Gasteiger partial charge is 0.327 e. The summed E-state index contributed by atoms with van der Waals surface area (Å²) in [5, 5.41) is 4.02. The lowest BCUT2D eigenvalue weighted by atomic mass is 9.98. The highest BCUT2D eigenvalue weighted by Crippen LogP contribution is 2.31. The summed E-state index contributed by atoms with van der Waals surface area (Å²) in [5.74, 6) is 0.256. The van der Waals surface area contributed by atoms with Crippen LogP contribution >= 0.6 is 11.3 Å². The lowest BCUT2D eigenvalue weighted by Gasteiger charge is -2.32. The number of rotatable bonds is 3. The van der Waals surface area contributed by atoms with Gasteiger partial charge in [0.05, 0.1) is 40.6 Å². The number of quaternary nitrogens is 1. The summed E-state index contributed by atoms with van der Waals surface area (Å²) in [6.45, 7) is 2.38. The van der Waals surface area contributed by atoms with Gasteiger partial charge in [0.2, 0.25) is 5.91 Å². The van der Waals surface area contributed by atoms with Gasteiger partial charge in [-0.2, -0.15) is 0 Å². The second-order valence-corrected chi connectivity index (χ2v) is 8.85. The van der Waals surface area contributed by atoms with Crippen molar-refractivity contribution >= 4 is 44.7 Å². The summed E-state index contributed by atoms with van der Waals surface area (Å²) >= 11 is 1.77. The molecule has 0 saturated carbocycles. The zero-order valence-corrected chi connectivity index (χ0v) is 16.9. The number of benzene rings is 2. The first-order valence-electron chi connectivity index (χ1n) is 10.1. The second-order valence-electron chi connectivity index (χ2n) is 7.79. The molecule has 29 heavy (non-hydrogen) atoms. The van der Waals surface area contributed by atoms with Crippen LogP contribution in [0, 0.1) is 0 Å². The number of piperidine rings is 1. The third kappa shape index (κ3) is 3.63. The summed E-state index contributed by atoms with van der Waals surface area (Å²) in [5.41, 5.74) is 2.56. The standard InChI is InChI=1S/C22H22N4O2S/c27-20-13-26(18-9-3-1-7-16(18)23-20)21(28)14-25-11-5-6-15(12-25)22-24-17-8-2-4-10-19(17)29-22/h1-4,7-10,15H,5-6,11-14H2,(H,23,27)/p+1/t15-/m0/s1. The van der Waals surface area contributed by atoms with Crippen LogP contribution in [0.4, 0.5) is 11.4 Å². The zero-order valence-electron chi connectivity index (χ0n) is 16.1. The average Bonchev–Trinajstić information content (AvgIpc) is 3.17. The molecule has 5 rings (SSSR count). The molecule has 1 unspecified atom stereocenters. The van der Waals surface area contributed by atoms with Crippen LogP contribution in [0.3, 0.4) is 0 Å². The van der Waals surface area contributed by atoms with E-state index in [1.54, 1.807) is 16.2 Å². The molecule has 0 radical (unpaired) electrons. The quantitative estimate of drug-likeness (QED) is 0.698. The molecular formula is C22H23N4O2S+. The van der Waals surface area contributed by atoms with Crippen LogP contribution in [0.25, 0.3) is 10.2 Å². The third-order valence-corrected chi connectivity index (χ3v) is 6.95. The number of thiazole rings is 1. The number of carbonyl (C=O) groups is 2. The number of amides is 2. The van der Waals surface area contributed by atoms with E-state index in [-0.39, 0.29) is 18.4 Å². The van der Waals surface area contributed by atoms with Gasteiger partial charge < -0.3 is 10.2 Å². The fourth-order valence-corrected chi connectivity index (χ4v) is 5.45. The topological polar surface area (TPSA) is 66.7 Å². The molecule has 3 heterocycles. The molecule has 2 aromatic carbocycles. The number of aromatic nitrogens is 1. The molecule has 1 fully saturated rings. The molecule has 2 N–H and O–H groups in total. The maximum Gasteiger partial charge on any atom is 0.282 e. The molecule has 0 bridgehead atoms. The lowest BCUT2D eigenvalue weighted by molar-refractivity contribution is -0.898. The number of para-hydroxylation sites is 3. The van der Waals surface area contributed by atoms with E-state index in [1.165, 1.54) is 14.6 Å². The normalized spacial score (nSPS) is 21.7. The molecule has 1 saturated heterocycles. The highest BCUT2D eigenvalue weighted by molar-refractivity contribution is 7.18. The third-order valence-electron chi connectivity index (χ3n) is 5.75. The van der Waals surface area contributed by atoms with Crippen molar-refractivity contribution < 1.29 is 14.5 Å². The second kappa shape index (κ2) is 7.57. The van der Waals surface area contributed by atoms with Crippen molar-refractivity contribution in [2.45, 2.75) is 18.8 Å². The fourth-order valence-electron chi connectivity index (χ4n) is 4.35. The molecule has 6 nitrogen and oxygen atoms in total. The first-order chi connectivity index (χ1) is 14.2. The fraction of sp³-hybridized carbons (Fsp3) is 0.318. The van der Waals surface area contributed by atoms with Gasteiger partial charge in [0.1, 0.15) is 11.6 Å². The summed E-state index contributed by atoms with van der Waals surface area (Å²) in [6.07, 6.45) is 2.20. The van der Waals surface area contributed by atoms with Gasteiger partial charge in [0.15, 0.2) is 6.54 Å². The number of nitrogens with zero attached hydrogens (tertiary/aromatic N) is 2. The van der Waals surface area contributed by atoms with E-state index >= 15 is 0 Å². The van der Waals surface area contributed by atoms with Crippen LogP contribution in [0.1, 0.15) is 23.8 Å². The Balaban J connectivity index is 1.30. The molecule has 1 aromatic heterocycles. The first-order valence-corrected chi connectivity index (χ1v) is 10.9. The molecule has 0 aliphatic carbocycles. The molecule has 3 aromatic rings. The van der Waals surface area contributed by atoms with Crippen molar-refractivity contribution in [3.63, 3.8) is 0 Å². The Kier molecular flexibility index (Phi) is 4.77. The maximum atomic E-state index is 13.1. The van der Waals surface area contributed by atoms with Crippen LogP contribution in [0.5, 0.6) is 0 Å². The number of likely N-dealkylation sites (tertiary alicyclic amines) is 1. The number of hydrogen-bond acceptors (Lipinski definition) is 4. The average molecular weight is 408 g/mol. The number of carbonyl (C=O) groups excluding carboxylic acids is 2. The maximum absolute atomic E-state index is 13.1. The number of nitrogens with one attached hydrogen (secondary N) is 2. The Morgan fingerprint density at radius 1 is 1.21 bits per heavy atom. The van der Waals surface area contributed by atoms with Gasteiger partial charge in [-0.05, 0) is 37.1 Å². The number of anilines is 2. The molecule has 2 amide bonds. The zero-order chi connectivity index (χ0) is 19.8. The van der Waals surface area contributed by atoms with Gasteiger partial charge in [-0.25, -0.2) is 4.98 Å². The number of fused-ring (bicyclic) bond motifs is 2. The Morgan fingerprint density at radius 3 is 2.93 bits per heavy atom. The summed E-state index contributed by atoms with van der Waals surface area (Å²) in [7, 11) is 0. The molecule has 2 aliphatic rings. The van der Waals surface area contributed by atoms with Gasteiger partial charge in [0, 0.05) is 0 Å². The van der Waals surface area contributed by atoms with Crippen LogP contribution < -0.4 is 15.1 Å². The first kappa shape index (κ1) is 18.3. The smallest absolute Gasteiger partial charge is 0.282 e. The molecular weight excluding hydrogens is 384 g/mol. The minimum atomic E-state index is -0.141. The van der Waals surface area contributed by atoms with Crippen LogP contribution in [0.2, 0.25) is 0 Å².